The average Bonchev–Trinajstić information content (AvgIpc) is 3.31. The van der Waals surface area contributed by atoms with Crippen LogP contribution in [0.3, 0.4) is 0 Å². The molecule has 1 aromatic heterocycles. The van der Waals surface area contributed by atoms with Crippen LogP contribution >= 0.6 is 11.6 Å². The first-order valence-electron chi connectivity index (χ1n) is 12.6. The molecule has 2 aliphatic rings. The van der Waals surface area contributed by atoms with Gasteiger partial charge in [-0.3, -0.25) is 14.4 Å². The van der Waals surface area contributed by atoms with E-state index in [4.69, 9.17) is 37.0 Å². The largest absolute Gasteiger partial charge is 0.490 e. The standard InChI is InChI=1S/C23H31ClN6O2.C2HF3O2/c1-4-5-10-29-14-19(27-28-29)17-7-6-8-18(21(17)24)23(3)13-20(31)30(22(25)26-23)16-9-11-32-15(2)12-16;3-2(4,5)1(6)7/h6-8,14-16H,4-5,9-13H2,1-3H3,(H2,25,26);(H,6,7)/t15-,16-,23-;/m0./s1. The van der Waals surface area contributed by atoms with Crippen LogP contribution in [0, 0.1) is 0 Å². The zero-order valence-electron chi connectivity index (χ0n) is 21.9. The van der Waals surface area contributed by atoms with E-state index in [0.29, 0.717) is 17.3 Å². The summed E-state index contributed by atoms with van der Waals surface area (Å²) in [4.78, 5) is 28.6. The molecule has 0 saturated carbocycles. The minimum absolute atomic E-state index is 0.0134. The smallest absolute Gasteiger partial charge is 0.475 e. The number of aromatic nitrogens is 3. The van der Waals surface area contributed by atoms with Crippen molar-refractivity contribution in [2.24, 2.45) is 10.7 Å². The van der Waals surface area contributed by atoms with Gasteiger partial charge in [0.1, 0.15) is 5.69 Å². The van der Waals surface area contributed by atoms with Gasteiger partial charge in [0.2, 0.25) is 5.91 Å². The molecule has 0 bridgehead atoms. The highest BCUT2D eigenvalue weighted by molar-refractivity contribution is 6.34. The van der Waals surface area contributed by atoms with Crippen molar-refractivity contribution in [2.45, 2.75) is 83.3 Å². The number of ether oxygens (including phenoxy) is 1. The number of rotatable bonds is 6. The van der Waals surface area contributed by atoms with Crippen molar-refractivity contribution in [3.8, 4) is 11.3 Å². The van der Waals surface area contributed by atoms with Crippen LogP contribution < -0.4 is 5.73 Å². The molecule has 0 spiro atoms. The van der Waals surface area contributed by atoms with Crippen LogP contribution in [0.1, 0.15) is 58.4 Å². The molecule has 2 aliphatic heterocycles. The lowest BCUT2D eigenvalue weighted by Gasteiger charge is -2.41. The van der Waals surface area contributed by atoms with Crippen LogP contribution in [0.25, 0.3) is 11.3 Å². The molecule has 3 N–H and O–H groups in total. The second-order valence-corrected chi connectivity index (χ2v) is 10.1. The van der Waals surface area contributed by atoms with Gasteiger partial charge in [0.15, 0.2) is 5.96 Å². The number of aryl methyl sites for hydroxylation is 1. The first-order valence-corrected chi connectivity index (χ1v) is 12.9. The molecule has 3 atom stereocenters. The first kappa shape index (κ1) is 30.4. The third-order valence-electron chi connectivity index (χ3n) is 6.57. The average molecular weight is 573 g/mol. The summed E-state index contributed by atoms with van der Waals surface area (Å²) in [5, 5.41) is 16.2. The van der Waals surface area contributed by atoms with Gasteiger partial charge < -0.3 is 15.6 Å². The number of nitrogens with zero attached hydrogens (tertiary/aromatic N) is 5. The van der Waals surface area contributed by atoms with Crippen molar-refractivity contribution in [3.05, 3.63) is 35.0 Å². The Labute approximate surface area is 229 Å². The predicted molar refractivity (Wildman–Crippen MR) is 138 cm³/mol. The number of aliphatic imine (C=N–C) groups is 1. The number of carbonyl (C=O) groups is 2. The van der Waals surface area contributed by atoms with E-state index in [0.717, 1.165) is 43.4 Å². The third-order valence-corrected chi connectivity index (χ3v) is 6.98. The highest BCUT2D eigenvalue weighted by atomic mass is 35.5. The molecule has 0 radical (unpaired) electrons. The van der Waals surface area contributed by atoms with Crippen LogP contribution in [0.5, 0.6) is 0 Å². The predicted octanol–water partition coefficient (Wildman–Crippen LogP) is 4.36. The number of benzene rings is 1. The van der Waals surface area contributed by atoms with Crippen molar-refractivity contribution in [1.29, 1.82) is 0 Å². The Morgan fingerprint density at radius 3 is 2.64 bits per heavy atom. The fourth-order valence-corrected chi connectivity index (χ4v) is 5.03. The van der Waals surface area contributed by atoms with Gasteiger partial charge >= 0.3 is 12.1 Å². The Kier molecular flexibility index (Phi) is 9.60. The van der Waals surface area contributed by atoms with Crippen LogP contribution in [0.4, 0.5) is 13.2 Å². The van der Waals surface area contributed by atoms with E-state index in [2.05, 4.69) is 17.2 Å². The van der Waals surface area contributed by atoms with E-state index >= 15 is 0 Å². The Hall–Kier alpha value is -3.19. The minimum Gasteiger partial charge on any atom is -0.475 e. The van der Waals surface area contributed by atoms with Gasteiger partial charge in [-0.05, 0) is 38.7 Å². The van der Waals surface area contributed by atoms with Gasteiger partial charge in [-0.25, -0.2) is 9.79 Å². The zero-order valence-corrected chi connectivity index (χ0v) is 22.7. The van der Waals surface area contributed by atoms with Gasteiger partial charge in [-0.2, -0.15) is 13.2 Å². The van der Waals surface area contributed by atoms with Gasteiger partial charge in [0, 0.05) is 24.8 Å². The van der Waals surface area contributed by atoms with Crippen molar-refractivity contribution >= 4 is 29.4 Å². The number of aliphatic carboxylic acids is 1. The summed E-state index contributed by atoms with van der Waals surface area (Å²) in [6, 6.07) is 5.75. The number of unbranched alkanes of at least 4 members (excludes halogenated alkanes) is 1. The summed E-state index contributed by atoms with van der Waals surface area (Å²) >= 11 is 6.85. The van der Waals surface area contributed by atoms with Gasteiger partial charge in [0.25, 0.3) is 0 Å². The normalized spacial score (nSPS) is 23.6. The van der Waals surface area contributed by atoms with Crippen LogP contribution in [-0.4, -0.2) is 67.8 Å². The molecular weight excluding hydrogens is 541 g/mol. The van der Waals surface area contributed by atoms with E-state index in [9.17, 15) is 18.0 Å². The number of nitrogens with two attached hydrogens (primary N) is 1. The molecule has 39 heavy (non-hydrogen) atoms. The number of alkyl halides is 3. The number of carbonyl (C=O) groups excluding carboxylic acids is 1. The zero-order chi connectivity index (χ0) is 29.0. The van der Waals surface area contributed by atoms with Gasteiger partial charge in [-0.15, -0.1) is 5.10 Å². The SMILES string of the molecule is CCCCn1cc(-c2cccc([C@]3(C)CC(=O)N([C@H]4CCO[C@@H](C)C4)C(N)=N3)c2Cl)nn1.O=C(O)C(F)(F)F. The maximum absolute atomic E-state index is 13.2. The number of hydrogen-bond acceptors (Lipinski definition) is 7. The number of halogens is 4. The summed E-state index contributed by atoms with van der Waals surface area (Å²) in [6.07, 6.45) is 0.746. The molecule has 2 aromatic rings. The molecule has 1 saturated heterocycles. The Bertz CT molecular complexity index is 1220. The fraction of sp³-hybridized carbons (Fsp3) is 0.560. The number of hydrogen-bond donors (Lipinski definition) is 2. The van der Waals surface area contributed by atoms with Crippen LogP contribution in [0.15, 0.2) is 29.4 Å². The Balaban J connectivity index is 0.000000532. The third kappa shape index (κ3) is 7.27. The van der Waals surface area contributed by atoms with Gasteiger partial charge in [-0.1, -0.05) is 48.4 Å². The summed E-state index contributed by atoms with van der Waals surface area (Å²) < 4.78 is 39.2. The number of amides is 1. The van der Waals surface area contributed by atoms with E-state index < -0.39 is 17.7 Å². The van der Waals surface area contributed by atoms with Crippen molar-refractivity contribution in [2.75, 3.05) is 6.61 Å². The molecule has 4 rings (SSSR count). The van der Waals surface area contributed by atoms with Crippen molar-refractivity contribution in [1.82, 2.24) is 19.9 Å². The summed E-state index contributed by atoms with van der Waals surface area (Å²) in [7, 11) is 0. The van der Waals surface area contributed by atoms with Crippen LogP contribution in [0.2, 0.25) is 5.02 Å². The van der Waals surface area contributed by atoms with Crippen LogP contribution in [-0.2, 0) is 26.4 Å². The Morgan fingerprint density at radius 1 is 1.36 bits per heavy atom. The maximum atomic E-state index is 13.2. The van der Waals surface area contributed by atoms with E-state index in [1.807, 2.05) is 42.9 Å². The lowest BCUT2D eigenvalue weighted by molar-refractivity contribution is -0.192. The second-order valence-electron chi connectivity index (χ2n) is 9.73. The molecule has 3 heterocycles. The molecule has 1 amide bonds. The molecule has 214 valence electrons. The van der Waals surface area contributed by atoms with Crippen molar-refractivity contribution in [3.63, 3.8) is 0 Å². The topological polar surface area (TPSA) is 136 Å². The quantitative estimate of drug-likeness (QED) is 0.525. The Morgan fingerprint density at radius 2 is 2.05 bits per heavy atom. The summed E-state index contributed by atoms with van der Waals surface area (Å²) in [6.45, 7) is 7.49. The second kappa shape index (κ2) is 12.3. The maximum Gasteiger partial charge on any atom is 0.490 e. The van der Waals surface area contributed by atoms with E-state index in [1.54, 1.807) is 4.90 Å². The molecule has 14 heteroatoms. The van der Waals surface area contributed by atoms with Gasteiger partial charge in [0.05, 0.1) is 29.3 Å². The highest BCUT2D eigenvalue weighted by Crippen LogP contribution is 2.41. The minimum atomic E-state index is -5.08. The monoisotopic (exact) mass is 572 g/mol. The van der Waals surface area contributed by atoms with E-state index in [-0.39, 0.29) is 30.4 Å². The first-order chi connectivity index (χ1) is 18.3. The number of guanidine groups is 1. The lowest BCUT2D eigenvalue weighted by Crippen LogP contribution is -2.56. The summed E-state index contributed by atoms with van der Waals surface area (Å²) in [5.41, 5.74) is 7.74. The fourth-order valence-electron chi connectivity index (χ4n) is 4.61. The molecule has 0 aliphatic carbocycles. The molecular formula is C25H32ClF3N6O4. The molecule has 1 aromatic carbocycles. The number of carboxylic acid groups (broad SMARTS) is 1. The molecule has 1 fully saturated rings. The lowest BCUT2D eigenvalue weighted by atomic mass is 9.85. The van der Waals surface area contributed by atoms with Crippen molar-refractivity contribution < 1.29 is 32.6 Å². The molecule has 0 unspecified atom stereocenters. The highest BCUT2D eigenvalue weighted by Gasteiger charge is 2.42. The number of carboxylic acids is 1. The van der Waals surface area contributed by atoms with E-state index in [1.165, 1.54) is 0 Å². The molecule has 10 nitrogen and oxygen atoms in total. The summed E-state index contributed by atoms with van der Waals surface area (Å²) in [5.74, 6) is -2.55.